The third-order valence-electron chi connectivity index (χ3n) is 3.43. The summed E-state index contributed by atoms with van der Waals surface area (Å²) in [5, 5.41) is 4.12. The van der Waals surface area contributed by atoms with E-state index in [-0.39, 0.29) is 0 Å². The fourth-order valence-corrected chi connectivity index (χ4v) is 2.32. The second-order valence-electron chi connectivity index (χ2n) is 5.20. The summed E-state index contributed by atoms with van der Waals surface area (Å²) in [5.41, 5.74) is 3.34. The second kappa shape index (κ2) is 5.57. The number of ether oxygens (including phenoxy) is 1. The summed E-state index contributed by atoms with van der Waals surface area (Å²) in [6.07, 6.45) is 7.16. The van der Waals surface area contributed by atoms with Gasteiger partial charge in [0.2, 0.25) is 5.89 Å². The molecule has 0 saturated heterocycles. The van der Waals surface area contributed by atoms with E-state index in [0.29, 0.717) is 12.5 Å². The predicted molar refractivity (Wildman–Crippen MR) is 84.8 cm³/mol. The van der Waals surface area contributed by atoms with Crippen LogP contribution in [-0.2, 0) is 13.7 Å². The Morgan fingerprint density at radius 3 is 2.96 bits per heavy atom. The summed E-state index contributed by atoms with van der Waals surface area (Å²) in [7, 11) is 1.88. The van der Waals surface area contributed by atoms with E-state index in [1.165, 1.54) is 0 Å². The Labute approximate surface area is 132 Å². The molecule has 4 aromatic rings. The third-order valence-corrected chi connectivity index (χ3v) is 3.43. The molecule has 0 radical (unpaired) electrons. The lowest BCUT2D eigenvalue weighted by atomic mass is 10.3. The van der Waals surface area contributed by atoms with Crippen molar-refractivity contribution in [2.75, 3.05) is 0 Å². The minimum absolute atomic E-state index is 0.465. The summed E-state index contributed by atoms with van der Waals surface area (Å²) in [5.74, 6) is 1.30. The monoisotopic (exact) mass is 306 g/mol. The van der Waals surface area contributed by atoms with Gasteiger partial charge in [-0.25, -0.2) is 4.98 Å². The molecule has 114 valence electrons. The van der Waals surface area contributed by atoms with E-state index in [9.17, 15) is 0 Å². The zero-order valence-electron chi connectivity index (χ0n) is 12.5. The van der Waals surface area contributed by atoms with Crippen molar-refractivity contribution in [2.24, 2.45) is 7.05 Å². The average molecular weight is 306 g/mol. The van der Waals surface area contributed by atoms with Crippen molar-refractivity contribution in [3.63, 3.8) is 0 Å². The van der Waals surface area contributed by atoms with Crippen LogP contribution in [0.1, 0.15) is 5.56 Å². The van der Waals surface area contributed by atoms with Crippen LogP contribution in [0.15, 0.2) is 59.5 Å². The van der Waals surface area contributed by atoms with Crippen molar-refractivity contribution in [1.29, 1.82) is 0 Å². The summed E-state index contributed by atoms with van der Waals surface area (Å²) < 4.78 is 13.3. The molecule has 3 heterocycles. The van der Waals surface area contributed by atoms with E-state index in [2.05, 4.69) is 15.1 Å². The second-order valence-corrected chi connectivity index (χ2v) is 5.20. The topological polar surface area (TPSA) is 66.0 Å². The van der Waals surface area contributed by atoms with Gasteiger partial charge < -0.3 is 9.15 Å². The van der Waals surface area contributed by atoms with E-state index >= 15 is 0 Å². The van der Waals surface area contributed by atoms with Gasteiger partial charge in [0.1, 0.15) is 17.9 Å². The largest absolute Gasteiger partial charge is 0.489 e. The highest BCUT2D eigenvalue weighted by Crippen LogP contribution is 2.26. The van der Waals surface area contributed by atoms with Crippen LogP contribution in [0.25, 0.3) is 22.6 Å². The number of aryl methyl sites for hydroxylation is 1. The lowest BCUT2D eigenvalue weighted by molar-refractivity contribution is 0.306. The van der Waals surface area contributed by atoms with Gasteiger partial charge in [0.15, 0.2) is 5.58 Å². The molecule has 6 heteroatoms. The van der Waals surface area contributed by atoms with Crippen LogP contribution < -0.4 is 4.74 Å². The molecule has 0 unspecified atom stereocenters. The number of pyridine rings is 1. The number of hydrogen-bond donors (Lipinski definition) is 0. The Hall–Kier alpha value is -3.15. The van der Waals surface area contributed by atoms with E-state index < -0.39 is 0 Å². The first kappa shape index (κ1) is 13.5. The van der Waals surface area contributed by atoms with E-state index in [4.69, 9.17) is 9.15 Å². The first-order chi connectivity index (χ1) is 11.3. The van der Waals surface area contributed by atoms with Crippen molar-refractivity contribution in [3.8, 4) is 17.2 Å². The molecular weight excluding hydrogens is 292 g/mol. The zero-order valence-corrected chi connectivity index (χ0v) is 12.5. The van der Waals surface area contributed by atoms with Gasteiger partial charge in [-0.3, -0.25) is 9.67 Å². The molecule has 0 spiro atoms. The van der Waals surface area contributed by atoms with E-state index in [1.807, 2.05) is 43.6 Å². The maximum Gasteiger partial charge on any atom is 0.228 e. The number of fused-ring (bicyclic) bond motifs is 1. The summed E-state index contributed by atoms with van der Waals surface area (Å²) in [6.45, 7) is 0.465. The molecular formula is C17H14N4O2. The smallest absolute Gasteiger partial charge is 0.228 e. The lowest BCUT2D eigenvalue weighted by Gasteiger charge is -2.03. The minimum atomic E-state index is 0.465. The van der Waals surface area contributed by atoms with Gasteiger partial charge in [-0.1, -0.05) is 0 Å². The predicted octanol–water partition coefficient (Wildman–Crippen LogP) is 3.20. The van der Waals surface area contributed by atoms with Crippen LogP contribution in [0.3, 0.4) is 0 Å². The quantitative estimate of drug-likeness (QED) is 0.579. The molecule has 0 aliphatic rings. The van der Waals surface area contributed by atoms with Crippen LogP contribution in [0.4, 0.5) is 0 Å². The van der Waals surface area contributed by atoms with Crippen LogP contribution in [0, 0.1) is 0 Å². The van der Waals surface area contributed by atoms with Gasteiger partial charge in [0.25, 0.3) is 0 Å². The molecule has 0 fully saturated rings. The normalized spacial score (nSPS) is 11.0. The van der Waals surface area contributed by atoms with Crippen LogP contribution in [0.2, 0.25) is 0 Å². The summed E-state index contributed by atoms with van der Waals surface area (Å²) >= 11 is 0. The molecule has 0 saturated carbocycles. The van der Waals surface area contributed by atoms with E-state index in [1.54, 1.807) is 23.3 Å². The number of nitrogens with zero attached hydrogens (tertiary/aromatic N) is 4. The van der Waals surface area contributed by atoms with Gasteiger partial charge in [-0.2, -0.15) is 5.10 Å². The van der Waals surface area contributed by atoms with Crippen molar-refractivity contribution < 1.29 is 9.15 Å². The Balaban J connectivity index is 1.58. The molecule has 0 aliphatic heterocycles. The first-order valence-electron chi connectivity index (χ1n) is 7.19. The molecule has 6 nitrogen and oxygen atoms in total. The Bertz CT molecular complexity index is 944. The molecule has 0 bridgehead atoms. The van der Waals surface area contributed by atoms with Gasteiger partial charge in [-0.15, -0.1) is 0 Å². The fourth-order valence-electron chi connectivity index (χ4n) is 2.32. The van der Waals surface area contributed by atoms with Crippen LogP contribution >= 0.6 is 0 Å². The highest BCUT2D eigenvalue weighted by atomic mass is 16.5. The van der Waals surface area contributed by atoms with Crippen LogP contribution in [-0.4, -0.2) is 19.7 Å². The zero-order chi connectivity index (χ0) is 15.6. The number of benzene rings is 1. The highest BCUT2D eigenvalue weighted by molar-refractivity contribution is 5.77. The van der Waals surface area contributed by atoms with Gasteiger partial charge >= 0.3 is 0 Å². The minimum Gasteiger partial charge on any atom is -0.489 e. The maximum absolute atomic E-state index is 5.78. The van der Waals surface area contributed by atoms with Gasteiger partial charge in [0, 0.05) is 37.3 Å². The lowest BCUT2D eigenvalue weighted by Crippen LogP contribution is -1.94. The molecule has 0 atom stereocenters. The fraction of sp³-hybridized carbons (Fsp3) is 0.118. The van der Waals surface area contributed by atoms with Crippen molar-refractivity contribution in [2.45, 2.75) is 6.61 Å². The average Bonchev–Trinajstić information content (AvgIpc) is 3.19. The molecule has 1 aromatic carbocycles. The van der Waals surface area contributed by atoms with Crippen molar-refractivity contribution in [1.82, 2.24) is 19.7 Å². The molecule has 0 amide bonds. The van der Waals surface area contributed by atoms with Crippen molar-refractivity contribution >= 4 is 11.1 Å². The molecule has 3 aromatic heterocycles. The van der Waals surface area contributed by atoms with Gasteiger partial charge in [0.05, 0.1) is 11.8 Å². The summed E-state index contributed by atoms with van der Waals surface area (Å²) in [6, 6.07) is 9.37. The first-order valence-corrected chi connectivity index (χ1v) is 7.19. The molecule has 0 N–H and O–H groups in total. The Morgan fingerprint density at radius 2 is 2.17 bits per heavy atom. The highest BCUT2D eigenvalue weighted by Gasteiger charge is 2.09. The third kappa shape index (κ3) is 2.78. The summed E-state index contributed by atoms with van der Waals surface area (Å²) in [4.78, 5) is 8.58. The molecule has 23 heavy (non-hydrogen) atoms. The number of hydrogen-bond acceptors (Lipinski definition) is 5. The van der Waals surface area contributed by atoms with Gasteiger partial charge in [-0.05, 0) is 24.3 Å². The Morgan fingerprint density at radius 1 is 1.22 bits per heavy atom. The Kier molecular flexibility index (Phi) is 3.27. The molecule has 0 aliphatic carbocycles. The number of aromatic nitrogens is 4. The van der Waals surface area contributed by atoms with Crippen LogP contribution in [0.5, 0.6) is 5.75 Å². The number of rotatable bonds is 4. The SMILES string of the molecule is Cn1cc(COc2ccc3oc(-c4cccnc4)nc3c2)cn1. The maximum atomic E-state index is 5.78. The van der Waals surface area contributed by atoms with E-state index in [0.717, 1.165) is 28.0 Å². The van der Waals surface area contributed by atoms with Crippen molar-refractivity contribution in [3.05, 3.63) is 60.7 Å². The molecule has 4 rings (SSSR count). The number of oxazole rings is 1. The standard InChI is InChI=1S/C17H14N4O2/c1-21-10-12(8-19-21)11-22-14-4-5-16-15(7-14)20-17(23-16)13-3-2-6-18-9-13/h2-10H,11H2,1H3.